The molecular weight excluding hydrogens is 390 g/mol. The fraction of sp³-hybridized carbons (Fsp3) is 0.261. The lowest BCUT2D eigenvalue weighted by molar-refractivity contribution is -0.226. The number of ether oxygens (including phenoxy) is 3. The van der Waals surface area contributed by atoms with E-state index in [1.54, 1.807) is 19.2 Å². The topological polar surface area (TPSA) is 56.8 Å². The summed E-state index contributed by atoms with van der Waals surface area (Å²) in [7, 11) is 1.63. The van der Waals surface area contributed by atoms with E-state index in [-0.39, 0.29) is 19.1 Å². The van der Waals surface area contributed by atoms with Crippen LogP contribution in [0.5, 0.6) is 5.75 Å². The minimum absolute atomic E-state index is 0.151. The number of anilines is 1. The third-order valence-electron chi connectivity index (χ3n) is 5.15. The van der Waals surface area contributed by atoms with Crippen LogP contribution in [0, 0.1) is 5.41 Å². The monoisotopic (exact) mass is 411 g/mol. The third kappa shape index (κ3) is 3.94. The van der Waals surface area contributed by atoms with Crippen LogP contribution in [0.3, 0.4) is 0 Å². The van der Waals surface area contributed by atoms with Crippen molar-refractivity contribution in [3.05, 3.63) is 71.2 Å². The summed E-state index contributed by atoms with van der Waals surface area (Å²) < 4.78 is 17.1. The zero-order valence-electron chi connectivity index (χ0n) is 16.3. The van der Waals surface area contributed by atoms with Gasteiger partial charge in [0.2, 0.25) is 5.91 Å². The minimum atomic E-state index is -0.802. The van der Waals surface area contributed by atoms with Crippen LogP contribution in [-0.4, -0.2) is 26.2 Å². The molecule has 0 aliphatic carbocycles. The summed E-state index contributed by atoms with van der Waals surface area (Å²) in [5.74, 6) is 0.613. The van der Waals surface area contributed by atoms with Gasteiger partial charge in [-0.3, -0.25) is 4.79 Å². The zero-order valence-corrected chi connectivity index (χ0v) is 17.0. The van der Waals surface area contributed by atoms with Crippen LogP contribution in [0.15, 0.2) is 60.7 Å². The molecule has 1 amide bonds. The number of nitrogens with one attached hydrogen (secondary N) is 1. The van der Waals surface area contributed by atoms with Crippen LogP contribution < -0.4 is 10.1 Å². The quantitative estimate of drug-likeness (QED) is 0.641. The lowest BCUT2D eigenvalue weighted by atomic mass is 9.90. The van der Waals surface area contributed by atoms with Gasteiger partial charge in [0, 0.05) is 27.0 Å². The first-order valence-corrected chi connectivity index (χ1v) is 9.74. The van der Waals surface area contributed by atoms with Gasteiger partial charge in [-0.05, 0) is 31.2 Å². The number of hydrogen-bond acceptors (Lipinski definition) is 4. The molecule has 3 aromatic rings. The van der Waals surface area contributed by atoms with Crippen molar-refractivity contribution in [2.75, 3.05) is 25.6 Å². The molecule has 1 aliphatic heterocycles. The molecule has 1 fully saturated rings. The van der Waals surface area contributed by atoms with Crippen molar-refractivity contribution in [1.29, 1.82) is 0 Å². The molecule has 150 valence electrons. The van der Waals surface area contributed by atoms with E-state index in [2.05, 4.69) is 5.32 Å². The van der Waals surface area contributed by atoms with Crippen molar-refractivity contribution in [2.45, 2.75) is 13.2 Å². The minimum Gasteiger partial charge on any atom is -0.496 e. The van der Waals surface area contributed by atoms with Gasteiger partial charge in [-0.1, -0.05) is 48.0 Å². The first-order chi connectivity index (χ1) is 14.0. The summed E-state index contributed by atoms with van der Waals surface area (Å²) in [6, 6.07) is 18.8. The van der Waals surface area contributed by atoms with E-state index in [1.165, 1.54) is 0 Å². The second-order valence-corrected chi connectivity index (χ2v) is 7.82. The van der Waals surface area contributed by atoms with Gasteiger partial charge < -0.3 is 19.5 Å². The Morgan fingerprint density at radius 3 is 2.34 bits per heavy atom. The fourth-order valence-corrected chi connectivity index (χ4v) is 3.51. The van der Waals surface area contributed by atoms with Crippen molar-refractivity contribution in [1.82, 2.24) is 0 Å². The maximum absolute atomic E-state index is 13.1. The first kappa shape index (κ1) is 19.7. The van der Waals surface area contributed by atoms with Crippen LogP contribution >= 0.6 is 11.6 Å². The normalized spacial score (nSPS) is 21.7. The summed E-state index contributed by atoms with van der Waals surface area (Å²) >= 11 is 5.93. The molecule has 0 radical (unpaired) electrons. The zero-order chi connectivity index (χ0) is 20.4. The Bertz CT molecular complexity index is 1030. The van der Waals surface area contributed by atoms with Crippen molar-refractivity contribution >= 4 is 34.0 Å². The molecule has 5 nitrogen and oxygen atoms in total. The summed E-state index contributed by atoms with van der Waals surface area (Å²) in [6.07, 6.45) is -0.505. The van der Waals surface area contributed by atoms with Crippen LogP contribution in [0.25, 0.3) is 10.8 Å². The number of carbonyl (C=O) groups excluding carboxylic acids is 1. The van der Waals surface area contributed by atoms with E-state index in [0.29, 0.717) is 5.02 Å². The number of amides is 1. The molecule has 4 rings (SSSR count). The molecule has 0 spiro atoms. The second kappa shape index (κ2) is 8.03. The Hall–Kier alpha value is -2.60. The average molecular weight is 412 g/mol. The van der Waals surface area contributed by atoms with Gasteiger partial charge in [0.15, 0.2) is 6.29 Å². The van der Waals surface area contributed by atoms with E-state index < -0.39 is 11.7 Å². The van der Waals surface area contributed by atoms with Gasteiger partial charge in [0.25, 0.3) is 0 Å². The number of carbonyl (C=O) groups is 1. The second-order valence-electron chi connectivity index (χ2n) is 7.38. The van der Waals surface area contributed by atoms with E-state index >= 15 is 0 Å². The van der Waals surface area contributed by atoms with Gasteiger partial charge in [-0.2, -0.15) is 0 Å². The number of rotatable bonds is 4. The van der Waals surface area contributed by atoms with Crippen LogP contribution in [0.4, 0.5) is 5.69 Å². The summed E-state index contributed by atoms with van der Waals surface area (Å²) in [5, 5.41) is 5.55. The molecule has 0 unspecified atom stereocenters. The highest BCUT2D eigenvalue weighted by molar-refractivity contribution is 6.30. The molecule has 1 saturated heterocycles. The highest BCUT2D eigenvalue weighted by atomic mass is 35.5. The lowest BCUT2D eigenvalue weighted by Gasteiger charge is -2.36. The first-order valence-electron chi connectivity index (χ1n) is 9.36. The maximum Gasteiger partial charge on any atom is 0.235 e. The molecular formula is C23H22ClNO4. The predicted octanol–water partition coefficient (Wildman–Crippen LogP) is 5.19. The van der Waals surface area contributed by atoms with Crippen LogP contribution in [-0.2, 0) is 14.3 Å². The van der Waals surface area contributed by atoms with Crippen LogP contribution in [0.2, 0.25) is 5.02 Å². The third-order valence-corrected chi connectivity index (χ3v) is 5.40. The Balaban J connectivity index is 1.49. The smallest absolute Gasteiger partial charge is 0.235 e. The number of methoxy groups -OCH3 is 1. The van der Waals surface area contributed by atoms with Crippen LogP contribution in [0.1, 0.15) is 18.8 Å². The SMILES string of the molecule is COc1ccc(NC(=O)C2(C)COC(c3ccc(Cl)cc3)OC2)c2ccccc12. The Kier molecular flexibility index (Phi) is 5.46. The Morgan fingerprint density at radius 1 is 1.03 bits per heavy atom. The number of hydrogen-bond donors (Lipinski definition) is 1. The summed E-state index contributed by atoms with van der Waals surface area (Å²) in [6.45, 7) is 2.34. The average Bonchev–Trinajstić information content (AvgIpc) is 2.75. The van der Waals surface area contributed by atoms with Crippen molar-refractivity contribution in [3.63, 3.8) is 0 Å². The molecule has 0 saturated carbocycles. The van der Waals surface area contributed by atoms with Gasteiger partial charge >= 0.3 is 0 Å². The summed E-state index contributed by atoms with van der Waals surface area (Å²) in [4.78, 5) is 13.1. The van der Waals surface area contributed by atoms with Gasteiger partial charge in [-0.15, -0.1) is 0 Å². The fourth-order valence-electron chi connectivity index (χ4n) is 3.38. The molecule has 3 aromatic carbocycles. The molecule has 1 N–H and O–H groups in total. The van der Waals surface area contributed by atoms with Crippen molar-refractivity contribution in [3.8, 4) is 5.75 Å². The van der Waals surface area contributed by atoms with E-state index in [0.717, 1.165) is 27.8 Å². The molecule has 29 heavy (non-hydrogen) atoms. The molecule has 6 heteroatoms. The van der Waals surface area contributed by atoms with Gasteiger partial charge in [0.1, 0.15) is 5.75 Å². The number of benzene rings is 3. The molecule has 0 atom stereocenters. The van der Waals surface area contributed by atoms with Crippen molar-refractivity contribution in [2.24, 2.45) is 5.41 Å². The Morgan fingerprint density at radius 2 is 1.69 bits per heavy atom. The highest BCUT2D eigenvalue weighted by Crippen LogP contribution is 2.35. The molecule has 1 aliphatic rings. The lowest BCUT2D eigenvalue weighted by Crippen LogP contribution is -2.45. The largest absolute Gasteiger partial charge is 0.496 e. The van der Waals surface area contributed by atoms with E-state index in [1.807, 2.05) is 55.5 Å². The molecule has 1 heterocycles. The maximum atomic E-state index is 13.1. The molecule has 0 aromatic heterocycles. The van der Waals surface area contributed by atoms with Gasteiger partial charge in [-0.25, -0.2) is 0 Å². The highest BCUT2D eigenvalue weighted by Gasteiger charge is 2.40. The van der Waals surface area contributed by atoms with E-state index in [9.17, 15) is 4.79 Å². The predicted molar refractivity (Wildman–Crippen MR) is 113 cm³/mol. The number of fused-ring (bicyclic) bond motifs is 1. The van der Waals surface area contributed by atoms with Gasteiger partial charge in [0.05, 0.1) is 25.7 Å². The number of halogens is 1. The standard InChI is InChI=1S/C23H22ClNO4/c1-23(13-28-21(29-14-23)15-7-9-16(24)10-8-15)22(26)25-19-11-12-20(27-2)18-6-4-3-5-17(18)19/h3-12,21H,13-14H2,1-2H3,(H,25,26). The summed E-state index contributed by atoms with van der Waals surface area (Å²) in [5.41, 5.74) is 0.801. The van der Waals surface area contributed by atoms with Crippen molar-refractivity contribution < 1.29 is 19.0 Å². The molecule has 0 bridgehead atoms. The Labute approximate surface area is 174 Å². The van der Waals surface area contributed by atoms with E-state index in [4.69, 9.17) is 25.8 Å².